The maximum Gasteiger partial charge on any atom is 0.261 e. The average Bonchev–Trinajstić information content (AvgIpc) is 2.86. The highest BCUT2D eigenvalue weighted by Gasteiger charge is 2.31. The van der Waals surface area contributed by atoms with E-state index < -0.39 is 6.04 Å². The molecule has 178 valence electrons. The van der Waals surface area contributed by atoms with E-state index in [4.69, 9.17) is 4.74 Å². The lowest BCUT2D eigenvalue weighted by molar-refractivity contribution is -0.143. The maximum atomic E-state index is 13.4. The first kappa shape index (κ1) is 25.0. The molecular weight excluding hydrogens is 431 g/mol. The first-order chi connectivity index (χ1) is 16.5. The van der Waals surface area contributed by atoms with Crippen molar-refractivity contribution in [2.45, 2.75) is 45.3 Å². The van der Waals surface area contributed by atoms with Crippen LogP contribution < -0.4 is 10.1 Å². The number of nitrogens with one attached hydrogen (secondary N) is 1. The summed E-state index contributed by atoms with van der Waals surface area (Å²) in [6.45, 7) is 3.94. The van der Waals surface area contributed by atoms with Crippen LogP contribution >= 0.6 is 0 Å². The summed E-state index contributed by atoms with van der Waals surface area (Å²) in [5.74, 6) is -0.523. The van der Waals surface area contributed by atoms with Crippen molar-refractivity contribution in [1.82, 2.24) is 10.2 Å². The highest BCUT2D eigenvalue weighted by atomic mass is 19.1. The summed E-state index contributed by atoms with van der Waals surface area (Å²) in [7, 11) is 0. The minimum Gasteiger partial charge on any atom is -0.484 e. The van der Waals surface area contributed by atoms with Crippen LogP contribution in [0.2, 0.25) is 0 Å². The zero-order valence-corrected chi connectivity index (χ0v) is 19.6. The molecule has 6 heteroatoms. The Morgan fingerprint density at radius 3 is 2.09 bits per heavy atom. The Morgan fingerprint density at radius 1 is 0.912 bits per heavy atom. The maximum absolute atomic E-state index is 13.4. The molecule has 0 unspecified atom stereocenters. The third-order valence-electron chi connectivity index (χ3n) is 5.64. The van der Waals surface area contributed by atoms with Gasteiger partial charge in [-0.1, -0.05) is 67.6 Å². The molecular formula is C28H31FN2O3. The standard InChI is InChI=1S/C28H31FN2O3/c1-3-21(2)30-28(33)26(18-22-10-6-4-7-11-22)31(19-23-12-8-5-9-13-23)27(32)20-34-25-16-14-24(29)15-17-25/h4-17,21,26H,3,18-20H2,1-2H3,(H,30,33)/t21-,26+/m1/s1. The summed E-state index contributed by atoms with van der Waals surface area (Å²) < 4.78 is 18.9. The smallest absolute Gasteiger partial charge is 0.261 e. The summed E-state index contributed by atoms with van der Waals surface area (Å²) in [5, 5.41) is 3.04. The predicted molar refractivity (Wildman–Crippen MR) is 131 cm³/mol. The van der Waals surface area contributed by atoms with Crippen molar-refractivity contribution >= 4 is 11.8 Å². The van der Waals surface area contributed by atoms with Crippen molar-refractivity contribution in [1.29, 1.82) is 0 Å². The van der Waals surface area contributed by atoms with Crippen molar-refractivity contribution in [2.24, 2.45) is 0 Å². The van der Waals surface area contributed by atoms with Gasteiger partial charge in [0.05, 0.1) is 0 Å². The molecule has 2 atom stereocenters. The van der Waals surface area contributed by atoms with E-state index in [1.165, 1.54) is 24.3 Å². The van der Waals surface area contributed by atoms with Crippen LogP contribution in [0.1, 0.15) is 31.4 Å². The SMILES string of the molecule is CC[C@@H](C)NC(=O)[C@H](Cc1ccccc1)N(Cc1ccccc1)C(=O)COc1ccc(F)cc1. The number of carbonyl (C=O) groups is 2. The molecule has 3 aromatic carbocycles. The molecule has 0 heterocycles. The molecule has 34 heavy (non-hydrogen) atoms. The monoisotopic (exact) mass is 462 g/mol. The third kappa shape index (κ3) is 7.44. The second kappa shape index (κ2) is 12.5. The number of amides is 2. The zero-order valence-electron chi connectivity index (χ0n) is 19.6. The van der Waals surface area contributed by atoms with Gasteiger partial charge >= 0.3 is 0 Å². The lowest BCUT2D eigenvalue weighted by Gasteiger charge is -2.32. The summed E-state index contributed by atoms with van der Waals surface area (Å²) in [6.07, 6.45) is 1.16. The number of halogens is 1. The van der Waals surface area contributed by atoms with Gasteiger partial charge in [-0.2, -0.15) is 0 Å². The number of hydrogen-bond donors (Lipinski definition) is 1. The fraction of sp³-hybridized carbons (Fsp3) is 0.286. The van der Waals surface area contributed by atoms with Crippen molar-refractivity contribution in [2.75, 3.05) is 6.61 Å². The van der Waals surface area contributed by atoms with Crippen molar-refractivity contribution in [3.63, 3.8) is 0 Å². The van der Waals surface area contributed by atoms with Crippen LogP contribution in [0.15, 0.2) is 84.9 Å². The van der Waals surface area contributed by atoms with Crippen LogP contribution in [0, 0.1) is 5.82 Å². The number of nitrogens with zero attached hydrogens (tertiary/aromatic N) is 1. The minimum absolute atomic E-state index is 0.0186. The fourth-order valence-electron chi connectivity index (χ4n) is 3.53. The van der Waals surface area contributed by atoms with Crippen molar-refractivity contribution in [3.8, 4) is 5.75 Å². The van der Waals surface area contributed by atoms with Crippen molar-refractivity contribution in [3.05, 3.63) is 102 Å². The molecule has 0 aliphatic rings. The second-order valence-electron chi connectivity index (χ2n) is 8.27. The van der Waals surface area contributed by atoms with Crippen LogP contribution in [0.5, 0.6) is 5.75 Å². The molecule has 1 N–H and O–H groups in total. The van der Waals surface area contributed by atoms with Gasteiger partial charge in [-0.25, -0.2) is 4.39 Å². The Labute approximate surface area is 200 Å². The largest absolute Gasteiger partial charge is 0.484 e. The van der Waals surface area contributed by atoms with E-state index in [0.717, 1.165) is 17.5 Å². The molecule has 0 bridgehead atoms. The molecule has 0 saturated heterocycles. The highest BCUT2D eigenvalue weighted by Crippen LogP contribution is 2.17. The van der Waals surface area contributed by atoms with E-state index in [9.17, 15) is 14.0 Å². The molecule has 0 radical (unpaired) electrons. The fourth-order valence-corrected chi connectivity index (χ4v) is 3.53. The Kier molecular flexibility index (Phi) is 9.21. The lowest BCUT2D eigenvalue weighted by atomic mass is 10.0. The van der Waals surface area contributed by atoms with Crippen LogP contribution in [0.25, 0.3) is 0 Å². The molecule has 0 aliphatic heterocycles. The normalized spacial score (nSPS) is 12.4. The molecule has 0 aromatic heterocycles. The Hall–Kier alpha value is -3.67. The topological polar surface area (TPSA) is 58.6 Å². The van der Waals surface area contributed by atoms with Gasteiger partial charge in [-0.15, -0.1) is 0 Å². The number of carbonyl (C=O) groups excluding carboxylic acids is 2. The van der Waals surface area contributed by atoms with E-state index in [1.54, 1.807) is 4.90 Å². The van der Waals surface area contributed by atoms with Gasteiger partial charge in [0.15, 0.2) is 6.61 Å². The van der Waals surface area contributed by atoms with Gasteiger partial charge in [-0.05, 0) is 48.7 Å². The molecule has 3 aromatic rings. The minimum atomic E-state index is -0.721. The van der Waals surface area contributed by atoms with Crippen LogP contribution in [-0.4, -0.2) is 35.4 Å². The van der Waals surface area contributed by atoms with Gasteiger partial charge in [0, 0.05) is 19.0 Å². The van der Waals surface area contributed by atoms with Crippen molar-refractivity contribution < 1.29 is 18.7 Å². The first-order valence-corrected chi connectivity index (χ1v) is 11.5. The van der Waals surface area contributed by atoms with Crippen LogP contribution in [-0.2, 0) is 22.6 Å². The summed E-state index contributed by atoms with van der Waals surface area (Å²) >= 11 is 0. The molecule has 0 saturated carbocycles. The number of benzene rings is 3. The molecule has 3 rings (SSSR count). The lowest BCUT2D eigenvalue weighted by Crippen LogP contribution is -2.53. The zero-order chi connectivity index (χ0) is 24.3. The second-order valence-corrected chi connectivity index (χ2v) is 8.27. The van der Waals surface area contributed by atoms with Gasteiger partial charge in [0.1, 0.15) is 17.6 Å². The first-order valence-electron chi connectivity index (χ1n) is 11.5. The number of hydrogen-bond acceptors (Lipinski definition) is 3. The summed E-state index contributed by atoms with van der Waals surface area (Å²) in [5.41, 5.74) is 1.86. The third-order valence-corrected chi connectivity index (χ3v) is 5.64. The average molecular weight is 463 g/mol. The van der Waals surface area contributed by atoms with Crippen LogP contribution in [0.3, 0.4) is 0 Å². The number of rotatable bonds is 11. The van der Waals surface area contributed by atoms with E-state index in [0.29, 0.717) is 12.2 Å². The Morgan fingerprint density at radius 2 is 1.50 bits per heavy atom. The van der Waals surface area contributed by atoms with E-state index in [1.807, 2.05) is 74.5 Å². The van der Waals surface area contributed by atoms with Gasteiger partial charge in [-0.3, -0.25) is 9.59 Å². The molecule has 5 nitrogen and oxygen atoms in total. The summed E-state index contributed by atoms with van der Waals surface area (Å²) in [6, 6.07) is 24.0. The molecule has 0 aliphatic carbocycles. The van der Waals surface area contributed by atoms with E-state index in [-0.39, 0.29) is 36.8 Å². The van der Waals surface area contributed by atoms with E-state index >= 15 is 0 Å². The van der Waals surface area contributed by atoms with Gasteiger partial charge in [0.25, 0.3) is 5.91 Å². The highest BCUT2D eigenvalue weighted by molar-refractivity contribution is 5.88. The number of ether oxygens (including phenoxy) is 1. The Balaban J connectivity index is 1.88. The van der Waals surface area contributed by atoms with Crippen LogP contribution in [0.4, 0.5) is 4.39 Å². The predicted octanol–water partition coefficient (Wildman–Crippen LogP) is 4.76. The van der Waals surface area contributed by atoms with Gasteiger partial charge < -0.3 is 15.0 Å². The van der Waals surface area contributed by atoms with Gasteiger partial charge in [0.2, 0.25) is 5.91 Å². The van der Waals surface area contributed by atoms with E-state index in [2.05, 4.69) is 5.32 Å². The molecule has 0 fully saturated rings. The molecule has 0 spiro atoms. The Bertz CT molecular complexity index is 1040. The quantitative estimate of drug-likeness (QED) is 0.447. The molecule has 2 amide bonds. The summed E-state index contributed by atoms with van der Waals surface area (Å²) in [4.78, 5) is 28.4.